The maximum absolute atomic E-state index is 15.1. The molecule has 4 N–H and O–H groups in total. The fourth-order valence-corrected chi connectivity index (χ4v) is 5.19. The van der Waals surface area contributed by atoms with Crippen LogP contribution in [0.15, 0.2) is 54.7 Å². The lowest BCUT2D eigenvalue weighted by Gasteiger charge is -2.28. The van der Waals surface area contributed by atoms with Gasteiger partial charge in [0.2, 0.25) is 5.91 Å². The lowest BCUT2D eigenvalue weighted by atomic mass is 9.94. The Balaban J connectivity index is 1.36. The highest BCUT2D eigenvalue weighted by Crippen LogP contribution is 2.36. The highest BCUT2D eigenvalue weighted by atomic mass is 35.5. The number of aromatic nitrogens is 1. The summed E-state index contributed by atoms with van der Waals surface area (Å²) in [6.07, 6.45) is 2.44. The van der Waals surface area contributed by atoms with Gasteiger partial charge in [0.1, 0.15) is 18.2 Å². The van der Waals surface area contributed by atoms with E-state index in [2.05, 4.69) is 10.3 Å². The van der Waals surface area contributed by atoms with Gasteiger partial charge >= 0.3 is 0 Å². The number of nitrogens with two attached hydrogens (primary N) is 1. The van der Waals surface area contributed by atoms with Gasteiger partial charge in [-0.25, -0.2) is 9.37 Å². The van der Waals surface area contributed by atoms with E-state index in [1.807, 2.05) is 11.0 Å². The lowest BCUT2D eigenvalue weighted by molar-refractivity contribution is -0.145. The second kappa shape index (κ2) is 10.5. The van der Waals surface area contributed by atoms with E-state index in [0.29, 0.717) is 34.9 Å². The number of aliphatic hydroxyl groups excluding tert-OH is 1. The van der Waals surface area contributed by atoms with Gasteiger partial charge in [-0.3, -0.25) is 9.59 Å². The fraction of sp³-hybridized carbons (Fsp3) is 0.296. The minimum Gasteiger partial charge on any atom is -0.394 e. The topological polar surface area (TPSA) is 118 Å². The van der Waals surface area contributed by atoms with Gasteiger partial charge in [0.05, 0.1) is 30.9 Å². The Bertz CT molecular complexity index is 1350. The molecule has 2 aliphatic rings. The summed E-state index contributed by atoms with van der Waals surface area (Å²) in [5.74, 6) is -1.12. The number of anilines is 1. The molecule has 2 aromatic carbocycles. The zero-order valence-electron chi connectivity index (χ0n) is 19.9. The molecule has 2 saturated heterocycles. The molecule has 3 atom stereocenters. The standard InChI is InChI=1S/C27H26ClFN4O4/c28-19-3-1-2-16(6-19)24(12-34)32-27(36)21-5-4-15(9-23(21)29)22-8-17(10-31-26(22)30)18-7-20-13-37-14-25(35)33(20)11-18/h1-6,8-10,18,20,24,34H,7,11-14H2,(H2,30,31)(H,32,36). The van der Waals surface area contributed by atoms with Gasteiger partial charge in [-0.05, 0) is 53.4 Å². The van der Waals surface area contributed by atoms with Crippen molar-refractivity contribution in [2.75, 3.05) is 32.1 Å². The summed E-state index contributed by atoms with van der Waals surface area (Å²) in [7, 11) is 0. The van der Waals surface area contributed by atoms with Crippen molar-refractivity contribution in [3.05, 3.63) is 82.3 Å². The molecular weight excluding hydrogens is 499 g/mol. The number of carbonyl (C=O) groups is 2. The van der Waals surface area contributed by atoms with Crippen molar-refractivity contribution in [2.24, 2.45) is 0 Å². The van der Waals surface area contributed by atoms with Crippen LogP contribution in [0.3, 0.4) is 0 Å². The molecule has 2 aliphatic heterocycles. The third-order valence-electron chi connectivity index (χ3n) is 6.95. The Morgan fingerprint density at radius 3 is 2.86 bits per heavy atom. The van der Waals surface area contributed by atoms with Crippen molar-refractivity contribution in [2.45, 2.75) is 24.4 Å². The summed E-state index contributed by atoms with van der Waals surface area (Å²) in [5.41, 5.74) is 8.49. The second-order valence-electron chi connectivity index (χ2n) is 9.31. The smallest absolute Gasteiger partial charge is 0.254 e. The van der Waals surface area contributed by atoms with Crippen molar-refractivity contribution in [3.8, 4) is 11.1 Å². The molecule has 0 saturated carbocycles. The molecule has 2 fully saturated rings. The average Bonchev–Trinajstić information content (AvgIpc) is 3.33. The molecule has 1 aromatic heterocycles. The van der Waals surface area contributed by atoms with Crippen molar-refractivity contribution in [1.29, 1.82) is 0 Å². The zero-order chi connectivity index (χ0) is 26.1. The Morgan fingerprint density at radius 2 is 2.14 bits per heavy atom. The van der Waals surface area contributed by atoms with Gasteiger partial charge < -0.3 is 25.8 Å². The van der Waals surface area contributed by atoms with E-state index in [1.165, 1.54) is 12.1 Å². The van der Waals surface area contributed by atoms with E-state index in [4.69, 9.17) is 22.1 Å². The van der Waals surface area contributed by atoms with Crippen LogP contribution in [0.5, 0.6) is 0 Å². The van der Waals surface area contributed by atoms with Gasteiger partial charge in [-0.1, -0.05) is 29.8 Å². The van der Waals surface area contributed by atoms with E-state index >= 15 is 4.39 Å². The number of benzene rings is 2. The zero-order valence-corrected chi connectivity index (χ0v) is 20.6. The molecule has 8 nitrogen and oxygen atoms in total. The SMILES string of the molecule is Nc1ncc(C2CC3COCC(=O)N3C2)cc1-c1ccc(C(=O)NC(CO)c2cccc(Cl)c2)c(F)c1. The van der Waals surface area contributed by atoms with Crippen molar-refractivity contribution < 1.29 is 23.8 Å². The molecule has 0 radical (unpaired) electrons. The molecule has 3 unspecified atom stereocenters. The maximum atomic E-state index is 15.1. The number of morpholine rings is 1. The molecule has 192 valence electrons. The summed E-state index contributed by atoms with van der Waals surface area (Å²) in [6.45, 7) is 0.814. The summed E-state index contributed by atoms with van der Waals surface area (Å²) in [6, 6.07) is 12.1. The number of rotatable bonds is 6. The van der Waals surface area contributed by atoms with Gasteiger partial charge in [-0.2, -0.15) is 0 Å². The van der Waals surface area contributed by atoms with Crippen LogP contribution in [0.2, 0.25) is 5.02 Å². The largest absolute Gasteiger partial charge is 0.394 e. The number of fused-ring (bicyclic) bond motifs is 1. The summed E-state index contributed by atoms with van der Waals surface area (Å²) in [5, 5.41) is 12.9. The number of hydrogen-bond donors (Lipinski definition) is 3. The minimum atomic E-state index is -0.745. The normalized spacial score (nSPS) is 20.0. The number of nitrogens with one attached hydrogen (secondary N) is 1. The van der Waals surface area contributed by atoms with E-state index in [0.717, 1.165) is 12.0 Å². The van der Waals surface area contributed by atoms with Gasteiger partial charge in [0, 0.05) is 29.2 Å². The van der Waals surface area contributed by atoms with E-state index in [9.17, 15) is 14.7 Å². The van der Waals surface area contributed by atoms with Crippen LogP contribution in [0.4, 0.5) is 10.2 Å². The molecule has 0 spiro atoms. The predicted molar refractivity (Wildman–Crippen MR) is 136 cm³/mol. The summed E-state index contributed by atoms with van der Waals surface area (Å²) < 4.78 is 20.5. The number of carbonyl (C=O) groups excluding carboxylic acids is 2. The predicted octanol–water partition coefficient (Wildman–Crippen LogP) is 3.30. The Hall–Kier alpha value is -3.53. The van der Waals surface area contributed by atoms with Crippen LogP contribution in [-0.4, -0.2) is 59.2 Å². The first-order valence-electron chi connectivity index (χ1n) is 11.9. The Labute approximate surface area is 218 Å². The van der Waals surface area contributed by atoms with Crippen LogP contribution < -0.4 is 11.1 Å². The third-order valence-corrected chi connectivity index (χ3v) is 7.18. The number of pyridine rings is 1. The first-order chi connectivity index (χ1) is 17.8. The quantitative estimate of drug-likeness (QED) is 0.455. The van der Waals surface area contributed by atoms with Gasteiger partial charge in [0.25, 0.3) is 5.91 Å². The molecule has 3 heterocycles. The van der Waals surface area contributed by atoms with Gasteiger partial charge in [0.15, 0.2) is 0 Å². The first kappa shape index (κ1) is 25.1. The Kier molecular flexibility index (Phi) is 7.10. The highest BCUT2D eigenvalue weighted by molar-refractivity contribution is 6.30. The number of halogens is 2. The second-order valence-corrected chi connectivity index (χ2v) is 9.74. The first-order valence-corrected chi connectivity index (χ1v) is 12.3. The number of nitrogens with zero attached hydrogens (tertiary/aromatic N) is 2. The van der Waals surface area contributed by atoms with E-state index in [-0.39, 0.29) is 42.5 Å². The van der Waals surface area contributed by atoms with Crippen molar-refractivity contribution >= 4 is 29.2 Å². The number of nitrogen functional groups attached to an aromatic ring is 1. The molecular formula is C27H26ClFN4O4. The molecule has 5 rings (SSSR count). The van der Waals surface area contributed by atoms with Crippen LogP contribution in [0, 0.1) is 5.82 Å². The van der Waals surface area contributed by atoms with E-state index in [1.54, 1.807) is 36.5 Å². The number of hydrogen-bond acceptors (Lipinski definition) is 6. The van der Waals surface area contributed by atoms with Crippen molar-refractivity contribution in [3.63, 3.8) is 0 Å². The summed E-state index contributed by atoms with van der Waals surface area (Å²) >= 11 is 6.01. The maximum Gasteiger partial charge on any atom is 0.254 e. The minimum absolute atomic E-state index is 0.0166. The third kappa shape index (κ3) is 5.16. The molecule has 0 aliphatic carbocycles. The van der Waals surface area contributed by atoms with Crippen LogP contribution in [0.1, 0.15) is 39.9 Å². The number of ether oxygens (including phenoxy) is 1. The summed E-state index contributed by atoms with van der Waals surface area (Å²) in [4.78, 5) is 31.1. The molecule has 10 heteroatoms. The Morgan fingerprint density at radius 1 is 1.30 bits per heavy atom. The van der Waals surface area contributed by atoms with Crippen LogP contribution in [-0.2, 0) is 9.53 Å². The number of aliphatic hydroxyl groups is 1. The lowest BCUT2D eigenvalue weighted by Crippen LogP contribution is -2.45. The van der Waals surface area contributed by atoms with Gasteiger partial charge in [-0.15, -0.1) is 0 Å². The van der Waals surface area contributed by atoms with Crippen molar-refractivity contribution in [1.82, 2.24) is 15.2 Å². The van der Waals surface area contributed by atoms with Crippen LogP contribution >= 0.6 is 11.6 Å². The highest BCUT2D eigenvalue weighted by Gasteiger charge is 2.38. The van der Waals surface area contributed by atoms with Crippen LogP contribution in [0.25, 0.3) is 11.1 Å². The monoisotopic (exact) mass is 524 g/mol. The molecule has 3 aromatic rings. The fourth-order valence-electron chi connectivity index (χ4n) is 4.99. The number of amides is 2. The van der Waals surface area contributed by atoms with E-state index < -0.39 is 17.8 Å². The molecule has 2 amide bonds. The average molecular weight is 525 g/mol. The molecule has 37 heavy (non-hydrogen) atoms. The molecule has 0 bridgehead atoms.